The van der Waals surface area contributed by atoms with E-state index in [1.54, 1.807) is 7.05 Å². The molecule has 7 nitrogen and oxygen atoms in total. The van der Waals surface area contributed by atoms with E-state index < -0.39 is 5.97 Å². The zero-order valence-electron chi connectivity index (χ0n) is 11.7. The molecule has 114 valence electrons. The fourth-order valence-corrected chi connectivity index (χ4v) is 2.18. The number of urea groups is 1. The number of hydrogen-bond acceptors (Lipinski definition) is 4. The largest absolute Gasteiger partial charge is 0.507 e. The maximum Gasteiger partial charge on any atom is 0.339 e. The van der Waals surface area contributed by atoms with Crippen LogP contribution < -0.4 is 5.32 Å². The van der Waals surface area contributed by atoms with Crippen molar-refractivity contribution < 1.29 is 24.5 Å². The number of rotatable bonds is 4. The monoisotopic (exact) mass is 294 g/mol. The van der Waals surface area contributed by atoms with Crippen LogP contribution in [-0.4, -0.2) is 53.4 Å². The molecule has 0 radical (unpaired) electrons. The summed E-state index contributed by atoms with van der Waals surface area (Å²) in [6, 6.07) is 3.54. The number of ether oxygens (including phenoxy) is 1. The fourth-order valence-electron chi connectivity index (χ4n) is 2.18. The molecule has 1 atom stereocenters. The molecule has 1 aromatic rings. The van der Waals surface area contributed by atoms with E-state index in [1.165, 1.54) is 23.1 Å². The van der Waals surface area contributed by atoms with Gasteiger partial charge in [0.1, 0.15) is 11.3 Å². The highest BCUT2D eigenvalue weighted by molar-refractivity contribution is 5.95. The lowest BCUT2D eigenvalue weighted by Crippen LogP contribution is -2.37. The molecule has 1 aromatic carbocycles. The van der Waals surface area contributed by atoms with Crippen molar-refractivity contribution in [2.24, 2.45) is 0 Å². The molecule has 7 heteroatoms. The van der Waals surface area contributed by atoms with Crippen LogP contribution in [0.4, 0.5) is 10.5 Å². The van der Waals surface area contributed by atoms with Crippen LogP contribution in [0.3, 0.4) is 0 Å². The lowest BCUT2D eigenvalue weighted by atomic mass is 10.2. The van der Waals surface area contributed by atoms with Crippen LogP contribution >= 0.6 is 0 Å². The summed E-state index contributed by atoms with van der Waals surface area (Å²) in [5, 5.41) is 20.9. The molecule has 1 heterocycles. The first kappa shape index (κ1) is 15.1. The third-order valence-corrected chi connectivity index (χ3v) is 3.33. The zero-order valence-corrected chi connectivity index (χ0v) is 11.7. The van der Waals surface area contributed by atoms with Gasteiger partial charge in [0, 0.05) is 25.9 Å². The Morgan fingerprint density at radius 2 is 2.24 bits per heavy atom. The third kappa shape index (κ3) is 3.85. The Morgan fingerprint density at radius 1 is 1.48 bits per heavy atom. The smallest absolute Gasteiger partial charge is 0.339 e. The van der Waals surface area contributed by atoms with E-state index in [-0.39, 0.29) is 23.4 Å². The number of likely N-dealkylation sites (N-methyl/N-ethyl adjacent to an activating group) is 1. The Bertz CT molecular complexity index is 540. The van der Waals surface area contributed by atoms with Gasteiger partial charge in [0.25, 0.3) is 0 Å². The van der Waals surface area contributed by atoms with E-state index in [1.807, 2.05) is 0 Å². The predicted octanol–water partition coefficient (Wildman–Crippen LogP) is 1.73. The van der Waals surface area contributed by atoms with Crippen molar-refractivity contribution in [1.82, 2.24) is 4.90 Å². The van der Waals surface area contributed by atoms with Gasteiger partial charge < -0.3 is 25.2 Å². The van der Waals surface area contributed by atoms with Gasteiger partial charge in [0.05, 0.1) is 6.10 Å². The van der Waals surface area contributed by atoms with Crippen molar-refractivity contribution in [2.75, 3.05) is 25.5 Å². The first-order chi connectivity index (χ1) is 9.97. The second kappa shape index (κ2) is 6.45. The maximum absolute atomic E-state index is 12.0. The third-order valence-electron chi connectivity index (χ3n) is 3.33. The van der Waals surface area contributed by atoms with Gasteiger partial charge in [-0.25, -0.2) is 9.59 Å². The molecule has 1 saturated heterocycles. The average Bonchev–Trinajstić information content (AvgIpc) is 2.93. The molecular weight excluding hydrogens is 276 g/mol. The number of aromatic hydroxyl groups is 1. The first-order valence-corrected chi connectivity index (χ1v) is 6.67. The second-order valence-corrected chi connectivity index (χ2v) is 4.98. The minimum absolute atomic E-state index is 0.0511. The number of amides is 2. The molecule has 2 amide bonds. The normalized spacial score (nSPS) is 17.5. The van der Waals surface area contributed by atoms with Gasteiger partial charge in [-0.1, -0.05) is 0 Å². The van der Waals surface area contributed by atoms with Gasteiger partial charge >= 0.3 is 12.0 Å². The zero-order chi connectivity index (χ0) is 15.4. The molecule has 1 unspecified atom stereocenters. The Kier molecular flexibility index (Phi) is 4.64. The van der Waals surface area contributed by atoms with E-state index in [0.29, 0.717) is 12.2 Å². The SMILES string of the molecule is CN(CC1CCCO1)C(=O)Nc1ccc(O)c(C(=O)O)c1. The van der Waals surface area contributed by atoms with Crippen molar-refractivity contribution in [3.63, 3.8) is 0 Å². The highest BCUT2D eigenvalue weighted by Gasteiger charge is 2.20. The Morgan fingerprint density at radius 3 is 2.86 bits per heavy atom. The summed E-state index contributed by atoms with van der Waals surface area (Å²) in [5.41, 5.74) is 0.0592. The number of nitrogens with zero attached hydrogens (tertiary/aromatic N) is 1. The van der Waals surface area contributed by atoms with E-state index in [4.69, 9.17) is 9.84 Å². The van der Waals surface area contributed by atoms with E-state index in [2.05, 4.69) is 5.32 Å². The second-order valence-electron chi connectivity index (χ2n) is 4.98. The summed E-state index contributed by atoms with van der Waals surface area (Å²) >= 11 is 0. The van der Waals surface area contributed by atoms with Crippen LogP contribution in [0.25, 0.3) is 0 Å². The molecule has 1 aliphatic rings. The molecule has 0 spiro atoms. The number of carbonyl (C=O) groups excluding carboxylic acids is 1. The number of benzene rings is 1. The predicted molar refractivity (Wildman–Crippen MR) is 75.7 cm³/mol. The number of carbonyl (C=O) groups is 2. The van der Waals surface area contributed by atoms with Crippen LogP contribution in [0.5, 0.6) is 5.75 Å². The van der Waals surface area contributed by atoms with Gasteiger partial charge in [0.15, 0.2) is 0 Å². The van der Waals surface area contributed by atoms with Crippen LogP contribution in [0, 0.1) is 0 Å². The van der Waals surface area contributed by atoms with Crippen LogP contribution in [-0.2, 0) is 4.74 Å². The Hall–Kier alpha value is -2.28. The van der Waals surface area contributed by atoms with E-state index >= 15 is 0 Å². The van der Waals surface area contributed by atoms with E-state index in [9.17, 15) is 14.7 Å². The van der Waals surface area contributed by atoms with Crippen molar-refractivity contribution in [1.29, 1.82) is 0 Å². The summed E-state index contributed by atoms with van der Waals surface area (Å²) < 4.78 is 5.46. The Balaban J connectivity index is 1.98. The fraction of sp³-hybridized carbons (Fsp3) is 0.429. The average molecular weight is 294 g/mol. The molecule has 0 aliphatic carbocycles. The van der Waals surface area contributed by atoms with Crippen LogP contribution in [0.15, 0.2) is 18.2 Å². The van der Waals surface area contributed by atoms with Gasteiger partial charge in [-0.3, -0.25) is 0 Å². The maximum atomic E-state index is 12.0. The summed E-state index contributed by atoms with van der Waals surface area (Å²) in [7, 11) is 1.65. The standard InChI is InChI=1S/C14H18N2O5/c1-16(8-10-3-2-6-21-10)14(20)15-9-4-5-12(17)11(7-9)13(18)19/h4-5,7,10,17H,2-3,6,8H2,1H3,(H,15,20)(H,18,19). The summed E-state index contributed by atoms with van der Waals surface area (Å²) in [6.45, 7) is 1.20. The topological polar surface area (TPSA) is 99.1 Å². The highest BCUT2D eigenvalue weighted by atomic mass is 16.5. The number of nitrogens with one attached hydrogen (secondary N) is 1. The molecule has 21 heavy (non-hydrogen) atoms. The number of carboxylic acids is 1. The molecule has 1 fully saturated rings. The number of hydrogen-bond donors (Lipinski definition) is 3. The van der Waals surface area contributed by atoms with Gasteiger partial charge in [-0.05, 0) is 31.0 Å². The molecule has 3 N–H and O–H groups in total. The lowest BCUT2D eigenvalue weighted by Gasteiger charge is -2.21. The molecule has 2 rings (SSSR count). The van der Waals surface area contributed by atoms with Crippen molar-refractivity contribution >= 4 is 17.7 Å². The van der Waals surface area contributed by atoms with Crippen molar-refractivity contribution in [3.8, 4) is 5.75 Å². The first-order valence-electron chi connectivity index (χ1n) is 6.67. The molecule has 0 bridgehead atoms. The Labute approximate surface area is 122 Å². The van der Waals surface area contributed by atoms with Crippen LogP contribution in [0.1, 0.15) is 23.2 Å². The summed E-state index contributed by atoms with van der Waals surface area (Å²) in [5.74, 6) is -1.59. The lowest BCUT2D eigenvalue weighted by molar-refractivity contribution is 0.0693. The highest BCUT2D eigenvalue weighted by Crippen LogP contribution is 2.21. The number of aromatic carboxylic acids is 1. The quantitative estimate of drug-likeness (QED) is 0.734. The van der Waals surface area contributed by atoms with Gasteiger partial charge in [-0.15, -0.1) is 0 Å². The summed E-state index contributed by atoms with van der Waals surface area (Å²) in [4.78, 5) is 24.4. The van der Waals surface area contributed by atoms with Crippen molar-refractivity contribution in [2.45, 2.75) is 18.9 Å². The number of phenols is 1. The number of carboxylic acid groups (broad SMARTS) is 1. The minimum Gasteiger partial charge on any atom is -0.507 e. The molecule has 1 aliphatic heterocycles. The molecule has 0 aromatic heterocycles. The van der Waals surface area contributed by atoms with Gasteiger partial charge in [-0.2, -0.15) is 0 Å². The van der Waals surface area contributed by atoms with Crippen molar-refractivity contribution in [3.05, 3.63) is 23.8 Å². The van der Waals surface area contributed by atoms with E-state index in [0.717, 1.165) is 19.4 Å². The van der Waals surface area contributed by atoms with Gasteiger partial charge in [0.2, 0.25) is 0 Å². The molecule has 0 saturated carbocycles. The minimum atomic E-state index is -1.25. The summed E-state index contributed by atoms with van der Waals surface area (Å²) in [6.07, 6.45) is 1.98. The number of anilines is 1. The molecular formula is C14H18N2O5. The van der Waals surface area contributed by atoms with Crippen LogP contribution in [0.2, 0.25) is 0 Å².